The molecular formula is C25H25NO6S. The fourth-order valence-corrected chi connectivity index (χ4v) is 4.92. The van der Waals surface area contributed by atoms with Gasteiger partial charge < -0.3 is 25.0 Å². The number of amides is 1. The number of nitrogens with one attached hydrogen (secondary N) is 1. The van der Waals surface area contributed by atoms with E-state index in [1.807, 2.05) is 24.3 Å². The van der Waals surface area contributed by atoms with Crippen LogP contribution in [0, 0.1) is 0 Å². The van der Waals surface area contributed by atoms with Crippen LogP contribution >= 0.6 is 11.3 Å². The highest BCUT2D eigenvalue weighted by molar-refractivity contribution is 7.12. The number of fused-ring (bicyclic) bond motifs is 3. The van der Waals surface area contributed by atoms with E-state index in [-0.39, 0.29) is 25.5 Å². The second-order valence-electron chi connectivity index (χ2n) is 7.79. The zero-order valence-corrected chi connectivity index (χ0v) is 18.9. The summed E-state index contributed by atoms with van der Waals surface area (Å²) in [6.45, 7) is 0.332. The highest BCUT2D eigenvalue weighted by Crippen LogP contribution is 2.44. The molecule has 0 saturated heterocycles. The summed E-state index contributed by atoms with van der Waals surface area (Å²) in [7, 11) is 1.28. The molecule has 7 nitrogen and oxygen atoms in total. The molecule has 0 bridgehead atoms. The highest BCUT2D eigenvalue weighted by Gasteiger charge is 2.29. The smallest absolute Gasteiger partial charge is 0.407 e. The van der Waals surface area contributed by atoms with Crippen molar-refractivity contribution in [3.05, 3.63) is 81.5 Å². The van der Waals surface area contributed by atoms with Gasteiger partial charge in [-0.3, -0.25) is 0 Å². The number of carbonyl (C=O) groups excluding carboxylic acids is 2. The van der Waals surface area contributed by atoms with E-state index in [1.54, 1.807) is 5.38 Å². The molecule has 3 N–H and O–H groups in total. The van der Waals surface area contributed by atoms with Crippen LogP contribution in [0.2, 0.25) is 0 Å². The molecule has 1 amide bonds. The molecule has 1 aromatic heterocycles. The van der Waals surface area contributed by atoms with Gasteiger partial charge in [-0.2, -0.15) is 0 Å². The molecule has 0 aliphatic heterocycles. The van der Waals surface area contributed by atoms with Gasteiger partial charge in [-0.05, 0) is 45.7 Å². The van der Waals surface area contributed by atoms with Gasteiger partial charge in [0.1, 0.15) is 17.6 Å². The Bertz CT molecular complexity index is 1100. The van der Waals surface area contributed by atoms with E-state index < -0.39 is 24.3 Å². The second kappa shape index (κ2) is 10.2. The first kappa shape index (κ1) is 23.0. The molecule has 2 aromatic carbocycles. The lowest BCUT2D eigenvalue weighted by molar-refractivity contribution is 0.0138. The van der Waals surface area contributed by atoms with Gasteiger partial charge in [-0.25, -0.2) is 9.59 Å². The minimum absolute atomic E-state index is 0.0295. The zero-order chi connectivity index (χ0) is 23.4. The summed E-state index contributed by atoms with van der Waals surface area (Å²) >= 11 is 1.13. The van der Waals surface area contributed by atoms with Crippen molar-refractivity contribution in [1.29, 1.82) is 0 Å². The van der Waals surface area contributed by atoms with Gasteiger partial charge in [0.25, 0.3) is 0 Å². The van der Waals surface area contributed by atoms with Crippen LogP contribution in [0.4, 0.5) is 4.79 Å². The van der Waals surface area contributed by atoms with Crippen LogP contribution in [0.25, 0.3) is 11.1 Å². The predicted octanol–water partition coefficient (Wildman–Crippen LogP) is 3.86. The average Bonchev–Trinajstić information content (AvgIpc) is 3.45. The molecule has 1 aliphatic carbocycles. The third-order valence-electron chi connectivity index (χ3n) is 5.77. The Labute approximate surface area is 195 Å². The van der Waals surface area contributed by atoms with Gasteiger partial charge in [0.2, 0.25) is 0 Å². The summed E-state index contributed by atoms with van der Waals surface area (Å²) < 4.78 is 10.1. The summed E-state index contributed by atoms with van der Waals surface area (Å²) in [5.74, 6) is -0.525. The summed E-state index contributed by atoms with van der Waals surface area (Å²) in [6.07, 6.45) is -2.75. The van der Waals surface area contributed by atoms with Crippen LogP contribution in [-0.2, 0) is 9.47 Å². The minimum atomic E-state index is -1.18. The summed E-state index contributed by atoms with van der Waals surface area (Å²) in [5, 5.41) is 24.8. The highest BCUT2D eigenvalue weighted by atomic mass is 32.1. The molecule has 3 aromatic rings. The van der Waals surface area contributed by atoms with Crippen molar-refractivity contribution in [1.82, 2.24) is 5.32 Å². The summed E-state index contributed by atoms with van der Waals surface area (Å²) in [4.78, 5) is 24.1. The largest absolute Gasteiger partial charge is 0.465 e. The van der Waals surface area contributed by atoms with E-state index in [0.29, 0.717) is 10.4 Å². The first-order chi connectivity index (χ1) is 16.0. The third kappa shape index (κ3) is 4.93. The number of benzene rings is 2. The van der Waals surface area contributed by atoms with Crippen LogP contribution in [0.1, 0.15) is 44.8 Å². The number of thiophene rings is 1. The summed E-state index contributed by atoms with van der Waals surface area (Å²) in [5.41, 5.74) is 5.00. The Balaban J connectivity index is 1.26. The van der Waals surface area contributed by atoms with E-state index in [2.05, 4.69) is 34.3 Å². The molecule has 4 rings (SSSR count). The number of ether oxygens (including phenoxy) is 2. The number of hydrogen-bond acceptors (Lipinski definition) is 7. The van der Waals surface area contributed by atoms with Crippen LogP contribution in [-0.4, -0.2) is 48.6 Å². The molecule has 1 aliphatic rings. The normalized spacial score (nSPS) is 14.2. The van der Waals surface area contributed by atoms with Gasteiger partial charge in [-0.1, -0.05) is 48.5 Å². The fraction of sp³-hybridized carbons (Fsp3) is 0.280. The Morgan fingerprint density at radius 2 is 1.70 bits per heavy atom. The van der Waals surface area contributed by atoms with Crippen LogP contribution in [0.15, 0.2) is 60.0 Å². The van der Waals surface area contributed by atoms with Crippen molar-refractivity contribution in [2.24, 2.45) is 0 Å². The number of aliphatic hydroxyl groups is 2. The topological polar surface area (TPSA) is 105 Å². The molecule has 0 spiro atoms. The monoisotopic (exact) mass is 467 g/mol. The van der Waals surface area contributed by atoms with Crippen molar-refractivity contribution < 1.29 is 29.3 Å². The Morgan fingerprint density at radius 1 is 1.06 bits per heavy atom. The van der Waals surface area contributed by atoms with Crippen molar-refractivity contribution in [2.45, 2.75) is 24.5 Å². The van der Waals surface area contributed by atoms with Crippen LogP contribution < -0.4 is 5.32 Å². The van der Waals surface area contributed by atoms with Crippen molar-refractivity contribution in [3.63, 3.8) is 0 Å². The number of methoxy groups -OCH3 is 1. The molecule has 2 atom stereocenters. The molecular weight excluding hydrogens is 442 g/mol. The minimum Gasteiger partial charge on any atom is -0.465 e. The molecule has 0 saturated carbocycles. The van der Waals surface area contributed by atoms with Gasteiger partial charge in [-0.15, -0.1) is 11.3 Å². The van der Waals surface area contributed by atoms with Crippen LogP contribution in [0.3, 0.4) is 0 Å². The molecule has 172 valence electrons. The van der Waals surface area contributed by atoms with Gasteiger partial charge in [0, 0.05) is 12.5 Å². The number of carbonyl (C=O) groups is 2. The molecule has 0 radical (unpaired) electrons. The fourth-order valence-electron chi connectivity index (χ4n) is 4.07. The van der Waals surface area contributed by atoms with E-state index >= 15 is 0 Å². The maximum absolute atomic E-state index is 12.2. The van der Waals surface area contributed by atoms with E-state index in [4.69, 9.17) is 4.74 Å². The lowest BCUT2D eigenvalue weighted by Crippen LogP contribution is -2.30. The standard InChI is InChI=1S/C25H25NO6S/c1-31-24(29)22-12-15(14-33-22)23(28)21(27)10-11-26-25(30)32-13-20-18-8-4-2-6-16(18)17-7-3-5-9-19(17)20/h2-9,12,14,20-21,23,27-28H,10-11,13H2,1H3,(H,26,30). The predicted molar refractivity (Wildman–Crippen MR) is 124 cm³/mol. The first-order valence-electron chi connectivity index (χ1n) is 10.6. The average molecular weight is 468 g/mol. The summed E-state index contributed by atoms with van der Waals surface area (Å²) in [6, 6.07) is 17.7. The zero-order valence-electron chi connectivity index (χ0n) is 18.1. The van der Waals surface area contributed by atoms with Crippen LogP contribution in [0.5, 0.6) is 0 Å². The Morgan fingerprint density at radius 3 is 2.33 bits per heavy atom. The number of aliphatic hydroxyl groups excluding tert-OH is 2. The number of rotatable bonds is 8. The van der Waals surface area contributed by atoms with Gasteiger partial charge >= 0.3 is 12.1 Å². The maximum Gasteiger partial charge on any atom is 0.407 e. The van der Waals surface area contributed by atoms with E-state index in [1.165, 1.54) is 13.2 Å². The SMILES string of the molecule is COC(=O)c1cc(C(O)C(O)CCNC(=O)OCC2c3ccccc3-c3ccccc32)cs1. The lowest BCUT2D eigenvalue weighted by Gasteiger charge is -2.18. The van der Waals surface area contributed by atoms with E-state index in [0.717, 1.165) is 33.6 Å². The van der Waals surface area contributed by atoms with E-state index in [9.17, 15) is 19.8 Å². The maximum atomic E-state index is 12.2. The second-order valence-corrected chi connectivity index (χ2v) is 8.70. The molecule has 8 heteroatoms. The Hall–Kier alpha value is -3.20. The molecule has 1 heterocycles. The number of alkyl carbamates (subject to hydrolysis) is 1. The van der Waals surface area contributed by atoms with Gasteiger partial charge in [0.05, 0.1) is 13.2 Å². The molecule has 33 heavy (non-hydrogen) atoms. The Kier molecular flexibility index (Phi) is 7.08. The molecule has 2 unspecified atom stereocenters. The van der Waals surface area contributed by atoms with Crippen molar-refractivity contribution in [3.8, 4) is 11.1 Å². The lowest BCUT2D eigenvalue weighted by atomic mass is 9.98. The quantitative estimate of drug-likeness (QED) is 0.435. The van der Waals surface area contributed by atoms with Crippen molar-refractivity contribution >= 4 is 23.4 Å². The number of esters is 1. The first-order valence-corrected chi connectivity index (χ1v) is 11.5. The van der Waals surface area contributed by atoms with Gasteiger partial charge in [0.15, 0.2) is 0 Å². The molecule has 0 fully saturated rings. The van der Waals surface area contributed by atoms with Crippen molar-refractivity contribution in [2.75, 3.05) is 20.3 Å². The third-order valence-corrected chi connectivity index (χ3v) is 6.69. The number of hydrogen-bond donors (Lipinski definition) is 3.